The number of anilines is 1. The molecule has 138 valence electrons. The minimum absolute atomic E-state index is 0.0628. The van der Waals surface area contributed by atoms with Crippen LogP contribution in [0, 0.1) is 0 Å². The Morgan fingerprint density at radius 3 is 2.50 bits per heavy atom. The second-order valence-electron chi connectivity index (χ2n) is 6.22. The van der Waals surface area contributed by atoms with Gasteiger partial charge in [-0.15, -0.1) is 0 Å². The van der Waals surface area contributed by atoms with E-state index < -0.39 is 0 Å². The number of amides is 2. The Hall–Kier alpha value is -2.80. The molecule has 3 N–H and O–H groups in total. The van der Waals surface area contributed by atoms with E-state index >= 15 is 0 Å². The number of nitrogens with two attached hydrogens (primary N) is 1. The number of nitrogens with zero attached hydrogens (tertiary/aromatic N) is 2. The number of nitrogens with one attached hydrogen (secondary N) is 1. The number of para-hydroxylation sites is 1. The average molecular weight is 356 g/mol. The normalized spacial score (nSPS) is 14.3. The lowest BCUT2D eigenvalue weighted by Crippen LogP contribution is -2.49. The first-order chi connectivity index (χ1) is 12.7. The Bertz CT molecular complexity index is 736. The van der Waals surface area contributed by atoms with Crippen molar-refractivity contribution in [3.63, 3.8) is 0 Å². The molecule has 0 atom stereocenters. The van der Waals surface area contributed by atoms with E-state index in [2.05, 4.69) is 22.3 Å². The van der Waals surface area contributed by atoms with E-state index in [9.17, 15) is 9.59 Å². The fourth-order valence-electron chi connectivity index (χ4n) is 3.00. The van der Waals surface area contributed by atoms with Gasteiger partial charge in [-0.25, -0.2) is 0 Å². The van der Waals surface area contributed by atoms with Crippen LogP contribution in [0.15, 0.2) is 47.1 Å². The minimum Gasteiger partial charge on any atom is -0.467 e. The van der Waals surface area contributed by atoms with Crippen molar-refractivity contribution in [3.05, 3.63) is 54.0 Å². The zero-order valence-electron chi connectivity index (χ0n) is 14.7. The molecule has 0 aliphatic carbocycles. The van der Waals surface area contributed by atoms with Crippen LogP contribution in [0.1, 0.15) is 22.5 Å². The number of furan rings is 1. The van der Waals surface area contributed by atoms with Crippen LogP contribution in [0.25, 0.3) is 0 Å². The molecular formula is C19H24N4O3. The van der Waals surface area contributed by atoms with Gasteiger partial charge in [0, 0.05) is 44.8 Å². The number of benzene rings is 1. The van der Waals surface area contributed by atoms with Crippen LogP contribution in [0.3, 0.4) is 0 Å². The van der Waals surface area contributed by atoms with Gasteiger partial charge in [-0.2, -0.15) is 0 Å². The Morgan fingerprint density at radius 2 is 1.85 bits per heavy atom. The van der Waals surface area contributed by atoms with Crippen molar-refractivity contribution in [2.75, 3.05) is 37.6 Å². The molecule has 1 fully saturated rings. The second kappa shape index (κ2) is 8.53. The van der Waals surface area contributed by atoms with Crippen molar-refractivity contribution in [3.8, 4) is 0 Å². The third-order valence-corrected chi connectivity index (χ3v) is 4.50. The molecule has 0 bridgehead atoms. The van der Waals surface area contributed by atoms with E-state index in [4.69, 9.17) is 10.2 Å². The molecule has 0 radical (unpaired) electrons. The maximum atomic E-state index is 12.3. The number of rotatable bonds is 6. The standard InChI is InChI=1S/C19H24N4O3/c20-13-17-12-15(14-26-17)19(25)21-7-6-18(24)23-10-8-22(9-11-23)16-4-2-1-3-5-16/h1-5,12,14H,6-11,13,20H2,(H,21,25). The van der Waals surface area contributed by atoms with Gasteiger partial charge in [0.25, 0.3) is 5.91 Å². The van der Waals surface area contributed by atoms with Gasteiger partial charge in [0.2, 0.25) is 5.91 Å². The van der Waals surface area contributed by atoms with E-state index in [1.807, 2.05) is 23.1 Å². The van der Waals surface area contributed by atoms with E-state index in [1.165, 1.54) is 12.0 Å². The Morgan fingerprint density at radius 1 is 1.12 bits per heavy atom. The number of carbonyl (C=O) groups excluding carboxylic acids is 2. The summed E-state index contributed by atoms with van der Waals surface area (Å²) in [5.74, 6) is 0.366. The van der Waals surface area contributed by atoms with Gasteiger partial charge >= 0.3 is 0 Å². The second-order valence-corrected chi connectivity index (χ2v) is 6.22. The molecule has 2 aromatic rings. The van der Waals surface area contributed by atoms with Crippen molar-refractivity contribution >= 4 is 17.5 Å². The largest absolute Gasteiger partial charge is 0.467 e. The molecule has 1 saturated heterocycles. The van der Waals surface area contributed by atoms with Crippen molar-refractivity contribution in [2.45, 2.75) is 13.0 Å². The first-order valence-electron chi connectivity index (χ1n) is 8.81. The summed E-state index contributed by atoms with van der Waals surface area (Å²) in [5.41, 5.74) is 7.06. The summed E-state index contributed by atoms with van der Waals surface area (Å²) in [6.07, 6.45) is 1.67. The maximum absolute atomic E-state index is 12.3. The first-order valence-corrected chi connectivity index (χ1v) is 8.81. The highest BCUT2D eigenvalue weighted by Crippen LogP contribution is 2.15. The monoisotopic (exact) mass is 356 g/mol. The maximum Gasteiger partial charge on any atom is 0.254 e. The summed E-state index contributed by atoms with van der Waals surface area (Å²) in [6.45, 7) is 3.59. The molecule has 7 nitrogen and oxygen atoms in total. The van der Waals surface area contributed by atoms with Crippen molar-refractivity contribution in [1.82, 2.24) is 10.2 Å². The highest BCUT2D eigenvalue weighted by atomic mass is 16.3. The predicted molar refractivity (Wildman–Crippen MR) is 98.8 cm³/mol. The first kappa shape index (κ1) is 18.0. The van der Waals surface area contributed by atoms with Crippen LogP contribution in [0.4, 0.5) is 5.69 Å². The van der Waals surface area contributed by atoms with E-state index in [0.29, 0.717) is 37.4 Å². The smallest absolute Gasteiger partial charge is 0.254 e. The molecule has 26 heavy (non-hydrogen) atoms. The Balaban J connectivity index is 1.40. The molecule has 0 spiro atoms. The van der Waals surface area contributed by atoms with Crippen molar-refractivity contribution in [2.24, 2.45) is 5.73 Å². The molecule has 1 aromatic carbocycles. The van der Waals surface area contributed by atoms with Gasteiger partial charge in [-0.3, -0.25) is 9.59 Å². The lowest BCUT2D eigenvalue weighted by atomic mass is 10.2. The predicted octanol–water partition coefficient (Wildman–Crippen LogP) is 1.21. The van der Waals surface area contributed by atoms with Gasteiger partial charge in [-0.1, -0.05) is 18.2 Å². The third-order valence-electron chi connectivity index (χ3n) is 4.50. The summed E-state index contributed by atoms with van der Waals surface area (Å²) < 4.78 is 5.14. The molecule has 0 saturated carbocycles. The molecule has 1 aliphatic rings. The Kier molecular flexibility index (Phi) is 5.91. The van der Waals surface area contributed by atoms with Gasteiger partial charge in [-0.05, 0) is 18.2 Å². The molecule has 3 rings (SSSR count). The fraction of sp³-hybridized carbons (Fsp3) is 0.368. The number of carbonyl (C=O) groups is 2. The third kappa shape index (κ3) is 4.43. The molecule has 2 heterocycles. The number of hydrogen-bond acceptors (Lipinski definition) is 5. The quantitative estimate of drug-likeness (QED) is 0.812. The molecular weight excluding hydrogens is 332 g/mol. The summed E-state index contributed by atoms with van der Waals surface area (Å²) in [6, 6.07) is 11.8. The van der Waals surface area contributed by atoms with Crippen LogP contribution in [-0.2, 0) is 11.3 Å². The fourth-order valence-corrected chi connectivity index (χ4v) is 3.00. The summed E-state index contributed by atoms with van der Waals surface area (Å²) in [5, 5.41) is 2.74. The van der Waals surface area contributed by atoms with E-state index in [1.54, 1.807) is 6.07 Å². The summed E-state index contributed by atoms with van der Waals surface area (Å²) in [4.78, 5) is 28.5. The van der Waals surface area contributed by atoms with E-state index in [0.717, 1.165) is 13.1 Å². The molecule has 1 aromatic heterocycles. The minimum atomic E-state index is -0.254. The number of piperazine rings is 1. The SMILES string of the molecule is NCc1cc(C(=O)NCCC(=O)N2CCN(c3ccccc3)CC2)co1. The number of hydrogen-bond donors (Lipinski definition) is 2. The van der Waals surface area contributed by atoms with Crippen LogP contribution < -0.4 is 16.0 Å². The molecule has 2 amide bonds. The summed E-state index contributed by atoms with van der Waals surface area (Å²) >= 11 is 0. The zero-order chi connectivity index (χ0) is 18.4. The van der Waals surface area contributed by atoms with Gasteiger partial charge in [0.1, 0.15) is 12.0 Å². The average Bonchev–Trinajstić information content (AvgIpc) is 3.18. The topological polar surface area (TPSA) is 91.8 Å². The zero-order valence-corrected chi connectivity index (χ0v) is 14.7. The highest BCUT2D eigenvalue weighted by molar-refractivity contribution is 5.94. The van der Waals surface area contributed by atoms with Crippen molar-refractivity contribution in [1.29, 1.82) is 0 Å². The molecule has 0 unspecified atom stereocenters. The lowest BCUT2D eigenvalue weighted by Gasteiger charge is -2.36. The van der Waals surface area contributed by atoms with Crippen LogP contribution >= 0.6 is 0 Å². The lowest BCUT2D eigenvalue weighted by molar-refractivity contribution is -0.131. The van der Waals surface area contributed by atoms with Crippen LogP contribution in [0.2, 0.25) is 0 Å². The molecule has 1 aliphatic heterocycles. The summed E-state index contributed by atoms with van der Waals surface area (Å²) in [7, 11) is 0. The highest BCUT2D eigenvalue weighted by Gasteiger charge is 2.21. The van der Waals surface area contributed by atoms with E-state index in [-0.39, 0.29) is 18.4 Å². The molecule has 7 heteroatoms. The van der Waals surface area contributed by atoms with Gasteiger partial charge in [0.05, 0.1) is 12.1 Å². The van der Waals surface area contributed by atoms with Gasteiger partial charge in [0.15, 0.2) is 0 Å². The van der Waals surface area contributed by atoms with Crippen LogP contribution in [0.5, 0.6) is 0 Å². The Labute approximate surface area is 152 Å². The van der Waals surface area contributed by atoms with Crippen LogP contribution in [-0.4, -0.2) is 49.4 Å². The van der Waals surface area contributed by atoms with Crippen molar-refractivity contribution < 1.29 is 14.0 Å². The van der Waals surface area contributed by atoms with Gasteiger partial charge < -0.3 is 25.3 Å².